The first kappa shape index (κ1) is 22.3. The summed E-state index contributed by atoms with van der Waals surface area (Å²) in [6.07, 6.45) is 0.814. The highest BCUT2D eigenvalue weighted by Gasteiger charge is 2.06. The molecule has 2 rings (SSSR count). The largest absolute Gasteiger partial charge is 0.357 e. The van der Waals surface area contributed by atoms with E-state index >= 15 is 0 Å². The number of rotatable bonds is 6. The molecule has 140 valence electrons. The zero-order valence-electron chi connectivity index (χ0n) is 15.1. The summed E-state index contributed by atoms with van der Waals surface area (Å²) in [5, 5.41) is 16.3. The van der Waals surface area contributed by atoms with Crippen LogP contribution in [0, 0.1) is 31.0 Å². The van der Waals surface area contributed by atoms with Crippen molar-refractivity contribution in [1.29, 1.82) is 5.26 Å². The number of nitriles is 1. The van der Waals surface area contributed by atoms with Crippen LogP contribution >= 0.6 is 35.3 Å². The number of thiazole rings is 1. The number of halogens is 2. The first-order valence-corrected chi connectivity index (χ1v) is 8.98. The molecule has 1 aromatic heterocycles. The van der Waals surface area contributed by atoms with Crippen LogP contribution in [-0.4, -0.2) is 24.0 Å². The minimum absolute atomic E-state index is 0. The number of aromatic nitrogens is 1. The van der Waals surface area contributed by atoms with Crippen LogP contribution in [0.2, 0.25) is 0 Å². The zero-order chi connectivity index (χ0) is 18.2. The SMILES string of the molecule is CCNC(=NCc1ccc(C#N)cc1F)NCCc1nc(C)c(C)s1.I. The Kier molecular flexibility index (Phi) is 9.51. The first-order valence-electron chi connectivity index (χ1n) is 8.17. The van der Waals surface area contributed by atoms with E-state index in [1.54, 1.807) is 23.5 Å². The number of benzene rings is 1. The highest BCUT2D eigenvalue weighted by atomic mass is 127. The maximum Gasteiger partial charge on any atom is 0.191 e. The molecule has 0 aliphatic heterocycles. The number of nitrogens with one attached hydrogen (secondary N) is 2. The predicted molar refractivity (Wildman–Crippen MR) is 115 cm³/mol. The summed E-state index contributed by atoms with van der Waals surface area (Å²) >= 11 is 1.71. The van der Waals surface area contributed by atoms with Gasteiger partial charge in [0.05, 0.1) is 28.9 Å². The quantitative estimate of drug-likeness (QED) is 0.371. The van der Waals surface area contributed by atoms with Crippen molar-refractivity contribution in [1.82, 2.24) is 15.6 Å². The lowest BCUT2D eigenvalue weighted by Gasteiger charge is -2.11. The van der Waals surface area contributed by atoms with Gasteiger partial charge < -0.3 is 10.6 Å². The van der Waals surface area contributed by atoms with Gasteiger partial charge in [-0.25, -0.2) is 14.4 Å². The van der Waals surface area contributed by atoms with Crippen molar-refractivity contribution >= 4 is 41.3 Å². The number of aliphatic imine (C=N–C) groups is 1. The number of guanidine groups is 1. The van der Waals surface area contributed by atoms with E-state index in [0.29, 0.717) is 23.6 Å². The van der Waals surface area contributed by atoms with Crippen molar-refractivity contribution in [3.8, 4) is 6.07 Å². The fourth-order valence-electron chi connectivity index (χ4n) is 2.19. The Labute approximate surface area is 174 Å². The van der Waals surface area contributed by atoms with Gasteiger partial charge in [0.1, 0.15) is 5.82 Å². The molecule has 0 aliphatic rings. The zero-order valence-corrected chi connectivity index (χ0v) is 18.2. The number of hydrogen-bond acceptors (Lipinski definition) is 4. The van der Waals surface area contributed by atoms with Crippen LogP contribution < -0.4 is 10.6 Å². The summed E-state index contributed by atoms with van der Waals surface area (Å²) < 4.78 is 13.9. The van der Waals surface area contributed by atoms with Crippen molar-refractivity contribution in [2.24, 2.45) is 4.99 Å². The Balaban J connectivity index is 0.00000338. The van der Waals surface area contributed by atoms with E-state index in [4.69, 9.17) is 5.26 Å². The number of nitrogens with zero attached hydrogens (tertiary/aromatic N) is 3. The second-order valence-corrected chi connectivity index (χ2v) is 6.83. The van der Waals surface area contributed by atoms with Gasteiger partial charge in [-0.15, -0.1) is 35.3 Å². The third-order valence-corrected chi connectivity index (χ3v) is 4.77. The minimum atomic E-state index is -0.410. The molecule has 0 fully saturated rings. The van der Waals surface area contributed by atoms with Crippen molar-refractivity contribution < 1.29 is 4.39 Å². The monoisotopic (exact) mass is 487 g/mol. The van der Waals surface area contributed by atoms with Crippen LogP contribution in [0.5, 0.6) is 0 Å². The molecule has 1 heterocycles. The lowest BCUT2D eigenvalue weighted by molar-refractivity contribution is 0.609. The molecule has 26 heavy (non-hydrogen) atoms. The molecule has 2 aromatic rings. The molecule has 5 nitrogen and oxygen atoms in total. The Morgan fingerprint density at radius 3 is 2.69 bits per heavy atom. The van der Waals surface area contributed by atoms with E-state index < -0.39 is 5.82 Å². The van der Waals surface area contributed by atoms with Crippen LogP contribution in [0.3, 0.4) is 0 Å². The summed E-state index contributed by atoms with van der Waals surface area (Å²) in [7, 11) is 0. The van der Waals surface area contributed by atoms with Gasteiger partial charge in [-0.2, -0.15) is 5.26 Å². The van der Waals surface area contributed by atoms with Crippen LogP contribution in [-0.2, 0) is 13.0 Å². The number of hydrogen-bond donors (Lipinski definition) is 2. The van der Waals surface area contributed by atoms with Gasteiger partial charge in [0.25, 0.3) is 0 Å². The van der Waals surface area contributed by atoms with Crippen LogP contribution in [0.1, 0.15) is 33.6 Å². The van der Waals surface area contributed by atoms with Crippen molar-refractivity contribution in [3.63, 3.8) is 0 Å². The van der Waals surface area contributed by atoms with Crippen LogP contribution in [0.15, 0.2) is 23.2 Å². The summed E-state index contributed by atoms with van der Waals surface area (Å²) in [6, 6.07) is 6.36. The predicted octanol–water partition coefficient (Wildman–Crippen LogP) is 3.69. The van der Waals surface area contributed by atoms with E-state index in [-0.39, 0.29) is 30.5 Å². The summed E-state index contributed by atoms with van der Waals surface area (Å²) in [6.45, 7) is 7.70. The van der Waals surface area contributed by atoms with E-state index in [0.717, 1.165) is 23.7 Å². The van der Waals surface area contributed by atoms with Gasteiger partial charge in [-0.05, 0) is 32.9 Å². The minimum Gasteiger partial charge on any atom is -0.357 e. The van der Waals surface area contributed by atoms with Crippen LogP contribution in [0.25, 0.3) is 0 Å². The third-order valence-electron chi connectivity index (χ3n) is 3.64. The Bertz CT molecular complexity index is 778. The summed E-state index contributed by atoms with van der Waals surface area (Å²) in [5.41, 5.74) is 1.85. The molecule has 0 saturated heterocycles. The molecule has 0 unspecified atom stereocenters. The maximum absolute atomic E-state index is 13.9. The average molecular weight is 487 g/mol. The van der Waals surface area contributed by atoms with E-state index in [9.17, 15) is 4.39 Å². The molecule has 0 atom stereocenters. The first-order chi connectivity index (χ1) is 12.0. The summed E-state index contributed by atoms with van der Waals surface area (Å²) in [5.74, 6) is 0.226. The Morgan fingerprint density at radius 1 is 1.35 bits per heavy atom. The maximum atomic E-state index is 13.9. The van der Waals surface area contributed by atoms with E-state index in [1.165, 1.54) is 10.9 Å². The average Bonchev–Trinajstić information content (AvgIpc) is 2.91. The topological polar surface area (TPSA) is 73.1 Å². The van der Waals surface area contributed by atoms with E-state index in [1.807, 2.05) is 19.9 Å². The Morgan fingerprint density at radius 2 is 2.12 bits per heavy atom. The van der Waals surface area contributed by atoms with Gasteiger partial charge in [0.2, 0.25) is 0 Å². The summed E-state index contributed by atoms with van der Waals surface area (Å²) in [4.78, 5) is 10.2. The lowest BCUT2D eigenvalue weighted by Crippen LogP contribution is -2.38. The van der Waals surface area contributed by atoms with Gasteiger partial charge >= 0.3 is 0 Å². The van der Waals surface area contributed by atoms with Gasteiger partial charge in [0.15, 0.2) is 5.96 Å². The lowest BCUT2D eigenvalue weighted by atomic mass is 10.1. The normalized spacial score (nSPS) is 10.8. The molecule has 2 N–H and O–H groups in total. The van der Waals surface area contributed by atoms with Gasteiger partial charge in [-0.1, -0.05) is 6.07 Å². The highest BCUT2D eigenvalue weighted by Crippen LogP contribution is 2.16. The van der Waals surface area contributed by atoms with Gasteiger partial charge in [-0.3, -0.25) is 0 Å². The molecule has 0 saturated carbocycles. The van der Waals surface area contributed by atoms with Crippen molar-refractivity contribution in [2.45, 2.75) is 33.7 Å². The highest BCUT2D eigenvalue weighted by molar-refractivity contribution is 14.0. The molecular formula is C18H23FIN5S. The molecular weight excluding hydrogens is 464 g/mol. The smallest absolute Gasteiger partial charge is 0.191 e. The van der Waals surface area contributed by atoms with Crippen molar-refractivity contribution in [3.05, 3.63) is 50.7 Å². The molecule has 0 spiro atoms. The molecule has 1 aromatic carbocycles. The standard InChI is InChI=1S/C18H22FN5S.HI/c1-4-21-18(22-8-7-17-24-12(2)13(3)25-17)23-11-15-6-5-14(10-20)9-16(15)19;/h5-6,9H,4,7-8,11H2,1-3H3,(H2,21,22,23);1H. The number of aryl methyl sites for hydroxylation is 2. The van der Waals surface area contributed by atoms with Crippen molar-refractivity contribution in [2.75, 3.05) is 13.1 Å². The molecule has 8 heteroatoms. The second-order valence-electron chi connectivity index (χ2n) is 5.54. The fraction of sp³-hybridized carbons (Fsp3) is 0.389. The van der Waals surface area contributed by atoms with Crippen LogP contribution in [0.4, 0.5) is 4.39 Å². The second kappa shape index (κ2) is 11.1. The Hall–Kier alpha value is -1.73. The fourth-order valence-corrected chi connectivity index (χ4v) is 3.12. The molecule has 0 aliphatic carbocycles. The molecule has 0 amide bonds. The molecule has 0 bridgehead atoms. The van der Waals surface area contributed by atoms with E-state index in [2.05, 4.69) is 27.5 Å². The third kappa shape index (κ3) is 6.53. The molecule has 0 radical (unpaired) electrons. The van der Waals surface area contributed by atoms with Gasteiger partial charge in [0, 0.05) is 30.0 Å².